The number of amides is 2. The molecule has 0 aromatic carbocycles. The van der Waals surface area contributed by atoms with Gasteiger partial charge in [-0.3, -0.25) is 9.59 Å². The van der Waals surface area contributed by atoms with E-state index in [1.807, 2.05) is 6.92 Å². The fourth-order valence-corrected chi connectivity index (χ4v) is 2.90. The Kier molecular flexibility index (Phi) is 3.61. The van der Waals surface area contributed by atoms with Crippen LogP contribution in [-0.4, -0.2) is 34.8 Å². The minimum Gasteiger partial charge on any atom is -0.369 e. The van der Waals surface area contributed by atoms with Gasteiger partial charge < -0.3 is 16.4 Å². The van der Waals surface area contributed by atoms with Crippen LogP contribution in [0.2, 0.25) is 0 Å². The molecule has 1 heterocycles. The summed E-state index contributed by atoms with van der Waals surface area (Å²) in [6.07, 6.45) is 5.01. The molecular formula is C13H23N3O2. The van der Waals surface area contributed by atoms with Crippen molar-refractivity contribution < 1.29 is 9.59 Å². The molecule has 1 aliphatic carbocycles. The highest BCUT2D eigenvalue weighted by molar-refractivity contribution is 5.81. The van der Waals surface area contributed by atoms with Gasteiger partial charge in [-0.25, -0.2) is 0 Å². The van der Waals surface area contributed by atoms with Gasteiger partial charge in [0.2, 0.25) is 11.8 Å². The zero-order valence-corrected chi connectivity index (χ0v) is 11.0. The third-order valence-electron chi connectivity index (χ3n) is 4.46. The molecule has 0 radical (unpaired) electrons. The van der Waals surface area contributed by atoms with Crippen molar-refractivity contribution in [3.8, 4) is 0 Å². The standard InChI is InChI=1S/C13H23N3O2/c1-9-3-4-10(12(14)18)8-16(9)11(17)7-13(15)5-2-6-13/h9-10H,2-8,15H2,1H3,(H2,14,18). The van der Waals surface area contributed by atoms with Crippen molar-refractivity contribution in [3.05, 3.63) is 0 Å². The van der Waals surface area contributed by atoms with Gasteiger partial charge in [-0.1, -0.05) is 0 Å². The highest BCUT2D eigenvalue weighted by Gasteiger charge is 2.38. The van der Waals surface area contributed by atoms with E-state index in [0.717, 1.165) is 32.1 Å². The number of carbonyl (C=O) groups is 2. The lowest BCUT2D eigenvalue weighted by molar-refractivity contribution is -0.139. The van der Waals surface area contributed by atoms with E-state index in [2.05, 4.69) is 0 Å². The molecule has 1 aliphatic heterocycles. The van der Waals surface area contributed by atoms with Crippen molar-refractivity contribution in [2.45, 2.75) is 57.0 Å². The van der Waals surface area contributed by atoms with Gasteiger partial charge in [0, 0.05) is 24.5 Å². The second-order valence-electron chi connectivity index (χ2n) is 5.96. The number of hydrogen-bond acceptors (Lipinski definition) is 3. The number of nitrogens with zero attached hydrogens (tertiary/aromatic N) is 1. The number of hydrogen-bond donors (Lipinski definition) is 2. The minimum atomic E-state index is -0.300. The largest absolute Gasteiger partial charge is 0.369 e. The molecule has 2 unspecified atom stereocenters. The van der Waals surface area contributed by atoms with E-state index in [1.54, 1.807) is 4.90 Å². The molecular weight excluding hydrogens is 230 g/mol. The average molecular weight is 253 g/mol. The Labute approximate surface area is 108 Å². The topological polar surface area (TPSA) is 89.4 Å². The van der Waals surface area contributed by atoms with Gasteiger partial charge in [0.05, 0.1) is 5.92 Å². The lowest BCUT2D eigenvalue weighted by Crippen LogP contribution is -2.54. The Hall–Kier alpha value is -1.10. The Bertz CT molecular complexity index is 352. The van der Waals surface area contributed by atoms with Gasteiger partial charge in [0.25, 0.3) is 0 Å². The molecule has 18 heavy (non-hydrogen) atoms. The summed E-state index contributed by atoms with van der Waals surface area (Å²) in [6.45, 7) is 2.49. The highest BCUT2D eigenvalue weighted by atomic mass is 16.2. The molecule has 2 fully saturated rings. The van der Waals surface area contributed by atoms with E-state index in [4.69, 9.17) is 11.5 Å². The highest BCUT2D eigenvalue weighted by Crippen LogP contribution is 2.33. The predicted octanol–water partition coefficient (Wildman–Crippen LogP) is 0.370. The third kappa shape index (κ3) is 2.66. The number of rotatable bonds is 3. The molecule has 4 N–H and O–H groups in total. The summed E-state index contributed by atoms with van der Waals surface area (Å²) < 4.78 is 0. The first-order valence-corrected chi connectivity index (χ1v) is 6.79. The van der Waals surface area contributed by atoms with E-state index in [1.165, 1.54) is 0 Å². The average Bonchev–Trinajstić information content (AvgIpc) is 2.27. The van der Waals surface area contributed by atoms with E-state index >= 15 is 0 Å². The van der Waals surface area contributed by atoms with E-state index < -0.39 is 0 Å². The van der Waals surface area contributed by atoms with E-state index in [0.29, 0.717) is 13.0 Å². The maximum atomic E-state index is 12.3. The smallest absolute Gasteiger partial charge is 0.224 e. The second-order valence-corrected chi connectivity index (χ2v) is 5.96. The maximum Gasteiger partial charge on any atom is 0.224 e. The first-order chi connectivity index (χ1) is 8.41. The molecule has 5 nitrogen and oxygen atoms in total. The number of likely N-dealkylation sites (tertiary alicyclic amines) is 1. The van der Waals surface area contributed by atoms with Gasteiger partial charge in [-0.2, -0.15) is 0 Å². The molecule has 5 heteroatoms. The van der Waals surface area contributed by atoms with Crippen LogP contribution in [0, 0.1) is 5.92 Å². The van der Waals surface area contributed by atoms with Crippen LogP contribution >= 0.6 is 0 Å². The van der Waals surface area contributed by atoms with Gasteiger partial charge >= 0.3 is 0 Å². The fraction of sp³-hybridized carbons (Fsp3) is 0.846. The van der Waals surface area contributed by atoms with Gasteiger partial charge in [-0.05, 0) is 39.0 Å². The molecule has 1 saturated heterocycles. The van der Waals surface area contributed by atoms with Crippen molar-refractivity contribution in [1.29, 1.82) is 0 Å². The summed E-state index contributed by atoms with van der Waals surface area (Å²) in [5.41, 5.74) is 11.2. The Balaban J connectivity index is 1.96. The molecule has 2 rings (SSSR count). The summed E-state index contributed by atoms with van der Waals surface area (Å²) in [6, 6.07) is 0.191. The van der Waals surface area contributed by atoms with Crippen LogP contribution < -0.4 is 11.5 Å². The summed E-state index contributed by atoms with van der Waals surface area (Å²) in [4.78, 5) is 25.3. The van der Waals surface area contributed by atoms with Gasteiger partial charge in [0.1, 0.15) is 0 Å². The summed E-state index contributed by atoms with van der Waals surface area (Å²) >= 11 is 0. The van der Waals surface area contributed by atoms with Crippen molar-refractivity contribution in [3.63, 3.8) is 0 Å². The lowest BCUT2D eigenvalue weighted by atomic mass is 9.75. The zero-order valence-electron chi connectivity index (χ0n) is 11.0. The maximum absolute atomic E-state index is 12.3. The predicted molar refractivity (Wildman–Crippen MR) is 68.5 cm³/mol. The summed E-state index contributed by atoms with van der Waals surface area (Å²) in [5, 5.41) is 0. The van der Waals surface area contributed by atoms with Crippen LogP contribution in [0.25, 0.3) is 0 Å². The van der Waals surface area contributed by atoms with E-state index in [9.17, 15) is 9.59 Å². The third-order valence-corrected chi connectivity index (χ3v) is 4.46. The monoisotopic (exact) mass is 253 g/mol. The number of nitrogens with two attached hydrogens (primary N) is 2. The Morgan fingerprint density at radius 1 is 1.33 bits per heavy atom. The van der Waals surface area contributed by atoms with Gasteiger partial charge in [-0.15, -0.1) is 0 Å². The van der Waals surface area contributed by atoms with Crippen LogP contribution in [0.5, 0.6) is 0 Å². The number of carbonyl (C=O) groups excluding carboxylic acids is 2. The quantitative estimate of drug-likeness (QED) is 0.761. The van der Waals surface area contributed by atoms with Crippen LogP contribution in [0.1, 0.15) is 45.4 Å². The molecule has 1 saturated carbocycles. The first kappa shape index (κ1) is 13.3. The normalized spacial score (nSPS) is 30.7. The van der Waals surface area contributed by atoms with Crippen molar-refractivity contribution >= 4 is 11.8 Å². The van der Waals surface area contributed by atoms with Crippen molar-refractivity contribution in [2.24, 2.45) is 17.4 Å². The van der Waals surface area contributed by atoms with Crippen molar-refractivity contribution in [2.75, 3.05) is 6.54 Å². The zero-order chi connectivity index (χ0) is 13.3. The molecule has 0 bridgehead atoms. The van der Waals surface area contributed by atoms with Crippen molar-refractivity contribution in [1.82, 2.24) is 4.90 Å². The first-order valence-electron chi connectivity index (χ1n) is 6.79. The lowest BCUT2D eigenvalue weighted by Gasteiger charge is -2.42. The molecule has 2 amide bonds. The SMILES string of the molecule is CC1CCC(C(N)=O)CN1C(=O)CC1(N)CCC1. The summed E-state index contributed by atoms with van der Waals surface area (Å²) in [7, 11) is 0. The molecule has 0 aromatic heterocycles. The molecule has 102 valence electrons. The fourth-order valence-electron chi connectivity index (χ4n) is 2.90. The van der Waals surface area contributed by atoms with Crippen LogP contribution in [0.4, 0.5) is 0 Å². The van der Waals surface area contributed by atoms with E-state index in [-0.39, 0.29) is 29.3 Å². The molecule has 2 atom stereocenters. The number of primary amides is 1. The Morgan fingerprint density at radius 3 is 2.50 bits per heavy atom. The summed E-state index contributed by atoms with van der Waals surface area (Å²) in [5.74, 6) is -0.415. The van der Waals surface area contributed by atoms with Crippen LogP contribution in [-0.2, 0) is 9.59 Å². The Morgan fingerprint density at radius 2 is 2.00 bits per heavy atom. The van der Waals surface area contributed by atoms with Gasteiger partial charge in [0.15, 0.2) is 0 Å². The van der Waals surface area contributed by atoms with Crippen LogP contribution in [0.15, 0.2) is 0 Å². The molecule has 0 aromatic rings. The molecule has 2 aliphatic rings. The molecule has 0 spiro atoms. The number of piperidine rings is 1. The second kappa shape index (κ2) is 4.88. The minimum absolute atomic E-state index is 0.0793. The van der Waals surface area contributed by atoms with Crippen LogP contribution in [0.3, 0.4) is 0 Å².